The Morgan fingerprint density at radius 3 is 2.45 bits per heavy atom. The highest BCUT2D eigenvalue weighted by molar-refractivity contribution is 8.04. The Bertz CT molecular complexity index is 2260. The maximum Gasteiger partial charge on any atom is 0.270 e. The van der Waals surface area contributed by atoms with Crippen LogP contribution in [0.15, 0.2) is 117 Å². The van der Waals surface area contributed by atoms with E-state index in [0.717, 1.165) is 12.8 Å². The average molecular weight is 763 g/mol. The summed E-state index contributed by atoms with van der Waals surface area (Å²) in [6.45, 7) is 19.9. The predicted octanol–water partition coefficient (Wildman–Crippen LogP) is 11.6. The Hall–Kier alpha value is -3.28. The van der Waals surface area contributed by atoms with Crippen molar-refractivity contribution in [3.63, 3.8) is 0 Å². The van der Waals surface area contributed by atoms with E-state index in [1.165, 1.54) is 31.4 Å². The number of allylic oxidation sites excluding steroid dienone is 12. The van der Waals surface area contributed by atoms with Gasteiger partial charge in [0.25, 0.3) is 5.82 Å². The van der Waals surface area contributed by atoms with Crippen LogP contribution in [0, 0.1) is 35.5 Å². The Kier molecular flexibility index (Phi) is 7.85. The molecule has 10 aliphatic rings. The van der Waals surface area contributed by atoms with Gasteiger partial charge in [0.05, 0.1) is 26.1 Å². The summed E-state index contributed by atoms with van der Waals surface area (Å²) in [7, 11) is -1.63. The molecule has 0 radical (unpaired) electrons. The Labute approximate surface area is 335 Å². The number of fused-ring (bicyclic) bond motifs is 13. The van der Waals surface area contributed by atoms with Gasteiger partial charge in [-0.25, -0.2) is 4.57 Å². The van der Waals surface area contributed by atoms with Gasteiger partial charge in [-0.2, -0.15) is 4.57 Å². The Balaban J connectivity index is 1.11. The zero-order valence-corrected chi connectivity index (χ0v) is 36.2. The Morgan fingerprint density at radius 2 is 1.69 bits per heavy atom. The maximum absolute atomic E-state index is 2.96. The van der Waals surface area contributed by atoms with Gasteiger partial charge in [0.2, 0.25) is 0 Å². The fourth-order valence-electron chi connectivity index (χ4n) is 12.8. The van der Waals surface area contributed by atoms with Crippen LogP contribution in [0.3, 0.4) is 0 Å². The number of nitrogens with zero attached hydrogens (tertiary/aromatic N) is 3. The average Bonchev–Trinajstić information content (AvgIpc) is 3.40. The second kappa shape index (κ2) is 12.4. The van der Waals surface area contributed by atoms with Crippen LogP contribution in [0.1, 0.15) is 95.9 Å². The molecule has 284 valence electrons. The van der Waals surface area contributed by atoms with Crippen molar-refractivity contribution in [1.82, 2.24) is 9.47 Å². The first-order valence-electron chi connectivity index (χ1n) is 22.0. The summed E-state index contributed by atoms with van der Waals surface area (Å²) in [6, 6.07) is 1.10. The lowest BCUT2D eigenvalue weighted by molar-refractivity contribution is -0.718. The van der Waals surface area contributed by atoms with E-state index in [1.807, 2.05) is 0 Å². The van der Waals surface area contributed by atoms with Crippen molar-refractivity contribution >= 4 is 31.6 Å². The topological polar surface area (TPSA) is 12.0 Å². The molecule has 11 rings (SSSR count). The maximum atomic E-state index is 2.96. The third kappa shape index (κ3) is 4.84. The first-order chi connectivity index (χ1) is 26.6. The molecule has 55 heavy (non-hydrogen) atoms. The lowest BCUT2D eigenvalue weighted by Crippen LogP contribution is -2.59. The number of aromatic nitrogens is 2. The minimum absolute atomic E-state index is 0.338. The van der Waals surface area contributed by atoms with Gasteiger partial charge in [0.1, 0.15) is 11.7 Å². The third-order valence-electron chi connectivity index (χ3n) is 15.3. The molecule has 6 aliphatic carbocycles. The van der Waals surface area contributed by atoms with Gasteiger partial charge in [-0.05, 0) is 83.1 Å². The van der Waals surface area contributed by atoms with Gasteiger partial charge in [-0.15, -0.1) is 11.8 Å². The molecule has 0 spiro atoms. The molecule has 9 unspecified atom stereocenters. The second-order valence-electron chi connectivity index (χ2n) is 19.5. The van der Waals surface area contributed by atoms with E-state index in [0.29, 0.717) is 64.8 Å². The molecule has 4 aliphatic heterocycles. The van der Waals surface area contributed by atoms with Crippen molar-refractivity contribution in [2.45, 2.75) is 122 Å². The van der Waals surface area contributed by atoms with Crippen LogP contribution >= 0.6 is 11.8 Å². The number of rotatable bonds is 7. The molecule has 5 heterocycles. The first-order valence-corrected chi connectivity index (χ1v) is 26.4. The summed E-state index contributed by atoms with van der Waals surface area (Å²) < 4.78 is 5.77. The standard InChI is InChI=1S/C50H60N3SSi/c1-9-30(10-2)34-25-42-32-18-12-11-17-31(32)36-24-39(48(36)51(42)27-45(34)55(6,7)8)49-37-26-44-35(33-19-13-16-22-43(33)54-44)23-38(37)50-52(47-29(5)46(47)28(3)4)40-20-14-15-21-41(40)53(49)50/h12-14,16,18-20,22-30,33,36-38,42-43,48-49H,9-11,15,17,21H2,1-8H3/q+1. The summed E-state index contributed by atoms with van der Waals surface area (Å²) in [4.78, 5) is 4.47. The molecular weight excluding hydrogens is 703 g/mol. The van der Waals surface area contributed by atoms with Crippen LogP contribution in [0.4, 0.5) is 0 Å². The van der Waals surface area contributed by atoms with E-state index in [2.05, 4.69) is 159 Å². The zero-order chi connectivity index (χ0) is 37.7. The molecule has 0 N–H and O–H groups in total. The minimum Gasteiger partial charge on any atom is -0.359 e. The molecule has 3 nitrogen and oxygen atoms in total. The van der Waals surface area contributed by atoms with E-state index < -0.39 is 8.07 Å². The van der Waals surface area contributed by atoms with Crippen molar-refractivity contribution in [2.24, 2.45) is 35.5 Å². The van der Waals surface area contributed by atoms with Crippen molar-refractivity contribution in [2.75, 3.05) is 0 Å². The SMILES string of the molecule is CCC(CC)C1=CC2C3=C(CCC=C3)C3C=C(C4C5C=C6SC7C=CC=CC7C6=CC5c5n(C6=C(C(C)C)C6C)c6c([n+]54)CCC=C6)C3N2C=C1[Si](C)(C)C. The highest BCUT2D eigenvalue weighted by Gasteiger charge is 2.61. The predicted molar refractivity (Wildman–Crippen MR) is 234 cm³/mol. The number of hydrogen-bond donors (Lipinski definition) is 0. The fourth-order valence-corrected chi connectivity index (χ4v) is 15.9. The summed E-state index contributed by atoms with van der Waals surface area (Å²) in [5.41, 5.74) is 14.6. The van der Waals surface area contributed by atoms with Crippen LogP contribution in [-0.4, -0.2) is 34.9 Å². The molecule has 1 saturated heterocycles. The lowest BCUT2D eigenvalue weighted by atomic mass is 9.63. The van der Waals surface area contributed by atoms with Gasteiger partial charge in [0, 0.05) is 46.4 Å². The van der Waals surface area contributed by atoms with E-state index in [4.69, 9.17) is 0 Å². The second-order valence-corrected chi connectivity index (χ2v) is 25.8. The molecule has 1 fully saturated rings. The number of imidazole rings is 1. The largest absolute Gasteiger partial charge is 0.359 e. The van der Waals surface area contributed by atoms with Gasteiger partial charge < -0.3 is 4.90 Å². The molecule has 0 saturated carbocycles. The molecule has 1 aromatic rings. The molecule has 0 bridgehead atoms. The van der Waals surface area contributed by atoms with Crippen molar-refractivity contribution in [1.29, 1.82) is 0 Å². The van der Waals surface area contributed by atoms with Crippen molar-refractivity contribution < 1.29 is 4.57 Å². The zero-order valence-electron chi connectivity index (χ0n) is 34.3. The third-order valence-corrected chi connectivity index (χ3v) is 18.7. The van der Waals surface area contributed by atoms with Crippen molar-refractivity contribution in [3.8, 4) is 0 Å². The van der Waals surface area contributed by atoms with Gasteiger partial charge in [0.15, 0.2) is 11.4 Å². The molecule has 0 aromatic carbocycles. The van der Waals surface area contributed by atoms with E-state index >= 15 is 0 Å². The number of hydrogen-bond acceptors (Lipinski definition) is 2. The molecule has 0 amide bonds. The fraction of sp³-hybridized carbons (Fsp3) is 0.500. The van der Waals surface area contributed by atoms with Crippen LogP contribution in [0.2, 0.25) is 19.6 Å². The van der Waals surface area contributed by atoms with Gasteiger partial charge >= 0.3 is 0 Å². The Morgan fingerprint density at radius 1 is 0.909 bits per heavy atom. The number of thioether (sulfide) groups is 1. The summed E-state index contributed by atoms with van der Waals surface area (Å²) in [6.07, 6.45) is 40.5. The highest BCUT2D eigenvalue weighted by atomic mass is 32.2. The van der Waals surface area contributed by atoms with Crippen molar-refractivity contribution in [3.05, 3.63) is 134 Å². The first kappa shape index (κ1) is 34.9. The van der Waals surface area contributed by atoms with Crippen LogP contribution in [-0.2, 0) is 6.42 Å². The smallest absolute Gasteiger partial charge is 0.270 e. The lowest BCUT2D eigenvalue weighted by Gasteiger charge is -2.56. The summed E-state index contributed by atoms with van der Waals surface area (Å²) in [5.74, 6) is 5.15. The highest BCUT2D eigenvalue weighted by Crippen LogP contribution is 2.61. The van der Waals surface area contributed by atoms with Crippen LogP contribution in [0.25, 0.3) is 11.8 Å². The molecule has 1 aromatic heterocycles. The molecular formula is C50H60N3SSi+. The van der Waals surface area contributed by atoms with Gasteiger partial charge in [-0.1, -0.05) is 127 Å². The monoisotopic (exact) mass is 762 g/mol. The molecule has 9 atom stereocenters. The van der Waals surface area contributed by atoms with E-state index in [-0.39, 0.29) is 0 Å². The molecule has 5 heteroatoms. The van der Waals surface area contributed by atoms with E-state index in [1.54, 1.807) is 60.8 Å². The quantitative estimate of drug-likeness (QED) is 0.156. The minimum atomic E-state index is -1.63. The summed E-state index contributed by atoms with van der Waals surface area (Å²) in [5, 5.41) is 2.23. The van der Waals surface area contributed by atoms with Gasteiger partial charge in [-0.3, -0.25) is 0 Å². The van der Waals surface area contributed by atoms with Crippen LogP contribution < -0.4 is 4.57 Å². The van der Waals surface area contributed by atoms with E-state index in [9.17, 15) is 0 Å². The summed E-state index contributed by atoms with van der Waals surface area (Å²) >= 11 is 2.13. The van der Waals surface area contributed by atoms with Crippen LogP contribution in [0.5, 0.6) is 0 Å². The normalized spacial score (nSPS) is 34.5.